The predicted octanol–water partition coefficient (Wildman–Crippen LogP) is 2.93. The van der Waals surface area contributed by atoms with Gasteiger partial charge in [-0.15, -0.1) is 0 Å². The SMILES string of the molecule is CC(=O)c1ccc(N(C)Cc2cccc(C)n2)cc1O. The highest BCUT2D eigenvalue weighted by molar-refractivity contribution is 5.97. The molecule has 0 saturated heterocycles. The Hall–Kier alpha value is -2.36. The minimum Gasteiger partial charge on any atom is -0.507 e. The predicted molar refractivity (Wildman–Crippen MR) is 79.2 cm³/mol. The Balaban J connectivity index is 2.19. The fraction of sp³-hybridized carbons (Fsp3) is 0.250. The summed E-state index contributed by atoms with van der Waals surface area (Å²) in [7, 11) is 1.92. The number of benzene rings is 1. The van der Waals surface area contributed by atoms with Gasteiger partial charge in [-0.05, 0) is 38.1 Å². The van der Waals surface area contributed by atoms with Crippen LogP contribution < -0.4 is 4.90 Å². The number of aromatic hydroxyl groups is 1. The number of phenolic OH excluding ortho intramolecular Hbond substituents is 1. The number of Topliss-reactive ketones (excluding diaryl/α,β-unsaturated/α-hetero) is 1. The smallest absolute Gasteiger partial charge is 0.163 e. The number of aromatic nitrogens is 1. The monoisotopic (exact) mass is 270 g/mol. The van der Waals surface area contributed by atoms with Gasteiger partial charge in [0.25, 0.3) is 0 Å². The van der Waals surface area contributed by atoms with Crippen LogP contribution in [0.4, 0.5) is 5.69 Å². The van der Waals surface area contributed by atoms with Gasteiger partial charge in [0.15, 0.2) is 5.78 Å². The molecule has 0 fully saturated rings. The van der Waals surface area contributed by atoms with Crippen molar-refractivity contribution in [1.82, 2.24) is 4.98 Å². The van der Waals surface area contributed by atoms with Crippen LogP contribution in [-0.2, 0) is 6.54 Å². The van der Waals surface area contributed by atoms with E-state index in [-0.39, 0.29) is 11.5 Å². The molecule has 0 unspecified atom stereocenters. The van der Waals surface area contributed by atoms with E-state index in [4.69, 9.17) is 0 Å². The van der Waals surface area contributed by atoms with E-state index in [9.17, 15) is 9.90 Å². The number of hydrogen-bond acceptors (Lipinski definition) is 4. The minimum absolute atomic E-state index is 0.0130. The van der Waals surface area contributed by atoms with E-state index in [1.165, 1.54) is 6.92 Å². The maximum atomic E-state index is 11.3. The summed E-state index contributed by atoms with van der Waals surface area (Å²) < 4.78 is 0. The van der Waals surface area contributed by atoms with E-state index in [1.807, 2.05) is 43.1 Å². The number of carbonyl (C=O) groups is 1. The number of anilines is 1. The summed E-state index contributed by atoms with van der Waals surface area (Å²) in [5.41, 5.74) is 3.12. The van der Waals surface area contributed by atoms with Gasteiger partial charge < -0.3 is 10.0 Å². The average molecular weight is 270 g/mol. The largest absolute Gasteiger partial charge is 0.507 e. The molecule has 1 aromatic carbocycles. The number of aryl methyl sites for hydroxylation is 1. The molecule has 104 valence electrons. The van der Waals surface area contributed by atoms with Crippen LogP contribution in [0, 0.1) is 6.92 Å². The number of hydrogen-bond donors (Lipinski definition) is 1. The molecule has 0 amide bonds. The maximum Gasteiger partial charge on any atom is 0.163 e. The number of phenols is 1. The molecule has 1 N–H and O–H groups in total. The zero-order valence-corrected chi connectivity index (χ0v) is 11.9. The van der Waals surface area contributed by atoms with Crippen molar-refractivity contribution in [1.29, 1.82) is 0 Å². The lowest BCUT2D eigenvalue weighted by Crippen LogP contribution is -2.17. The summed E-state index contributed by atoms with van der Waals surface area (Å²) in [5.74, 6) is -0.129. The number of carbonyl (C=O) groups excluding carboxylic acids is 1. The first-order valence-corrected chi connectivity index (χ1v) is 6.45. The van der Waals surface area contributed by atoms with E-state index in [2.05, 4.69) is 4.98 Å². The Bertz CT molecular complexity index is 638. The van der Waals surface area contributed by atoms with Crippen LogP contribution >= 0.6 is 0 Å². The third kappa shape index (κ3) is 3.15. The Morgan fingerprint density at radius 1 is 1.30 bits per heavy atom. The fourth-order valence-corrected chi connectivity index (χ4v) is 2.08. The van der Waals surface area contributed by atoms with Crippen molar-refractivity contribution in [2.75, 3.05) is 11.9 Å². The zero-order valence-electron chi connectivity index (χ0n) is 11.9. The molecule has 2 aromatic rings. The van der Waals surface area contributed by atoms with Crippen LogP contribution in [0.3, 0.4) is 0 Å². The minimum atomic E-state index is -0.142. The highest BCUT2D eigenvalue weighted by atomic mass is 16.3. The van der Waals surface area contributed by atoms with Crippen molar-refractivity contribution in [2.45, 2.75) is 20.4 Å². The fourth-order valence-electron chi connectivity index (χ4n) is 2.08. The third-order valence-electron chi connectivity index (χ3n) is 3.15. The molecule has 0 saturated carbocycles. The van der Waals surface area contributed by atoms with E-state index in [1.54, 1.807) is 12.1 Å². The van der Waals surface area contributed by atoms with Crippen molar-refractivity contribution < 1.29 is 9.90 Å². The van der Waals surface area contributed by atoms with Crippen LogP contribution in [0.25, 0.3) is 0 Å². The molecule has 20 heavy (non-hydrogen) atoms. The van der Waals surface area contributed by atoms with Crippen LogP contribution in [0.1, 0.15) is 28.7 Å². The lowest BCUT2D eigenvalue weighted by Gasteiger charge is -2.19. The summed E-state index contributed by atoms with van der Waals surface area (Å²) in [6.45, 7) is 4.03. The molecule has 0 atom stereocenters. The summed E-state index contributed by atoms with van der Waals surface area (Å²) in [4.78, 5) is 17.7. The molecule has 0 bridgehead atoms. The van der Waals surface area contributed by atoms with Crippen LogP contribution in [0.2, 0.25) is 0 Å². The Labute approximate surface area is 118 Å². The van der Waals surface area contributed by atoms with Crippen molar-refractivity contribution in [2.24, 2.45) is 0 Å². The van der Waals surface area contributed by atoms with Gasteiger partial charge in [0.05, 0.1) is 17.8 Å². The number of nitrogens with zero attached hydrogens (tertiary/aromatic N) is 2. The lowest BCUT2D eigenvalue weighted by atomic mass is 10.1. The Kier molecular flexibility index (Phi) is 4.03. The summed E-state index contributed by atoms with van der Waals surface area (Å²) in [6.07, 6.45) is 0. The van der Waals surface area contributed by atoms with Gasteiger partial charge in [-0.2, -0.15) is 0 Å². The van der Waals surface area contributed by atoms with Gasteiger partial charge >= 0.3 is 0 Å². The van der Waals surface area contributed by atoms with Gasteiger partial charge in [0.2, 0.25) is 0 Å². The number of pyridine rings is 1. The van der Waals surface area contributed by atoms with Crippen LogP contribution in [-0.4, -0.2) is 22.9 Å². The van der Waals surface area contributed by atoms with Crippen molar-refractivity contribution in [3.8, 4) is 5.75 Å². The van der Waals surface area contributed by atoms with Gasteiger partial charge in [-0.1, -0.05) is 6.07 Å². The summed E-state index contributed by atoms with van der Waals surface area (Å²) in [6, 6.07) is 11.0. The van der Waals surface area contributed by atoms with Crippen LogP contribution in [0.15, 0.2) is 36.4 Å². The molecule has 0 aliphatic heterocycles. The molecular weight excluding hydrogens is 252 g/mol. The van der Waals surface area contributed by atoms with Crippen molar-refractivity contribution >= 4 is 11.5 Å². The second-order valence-corrected chi connectivity index (χ2v) is 4.88. The van der Waals surface area contributed by atoms with E-state index < -0.39 is 0 Å². The summed E-state index contributed by atoms with van der Waals surface area (Å²) >= 11 is 0. The van der Waals surface area contributed by atoms with E-state index in [0.717, 1.165) is 17.1 Å². The number of ketones is 1. The zero-order chi connectivity index (χ0) is 14.7. The van der Waals surface area contributed by atoms with E-state index in [0.29, 0.717) is 12.1 Å². The van der Waals surface area contributed by atoms with Gasteiger partial charge in [0.1, 0.15) is 5.75 Å². The summed E-state index contributed by atoms with van der Waals surface area (Å²) in [5, 5.41) is 9.86. The maximum absolute atomic E-state index is 11.3. The second-order valence-electron chi connectivity index (χ2n) is 4.88. The Morgan fingerprint density at radius 3 is 2.65 bits per heavy atom. The van der Waals surface area contributed by atoms with E-state index >= 15 is 0 Å². The molecule has 4 nitrogen and oxygen atoms in total. The highest BCUT2D eigenvalue weighted by Gasteiger charge is 2.10. The molecule has 0 spiro atoms. The molecule has 0 radical (unpaired) electrons. The standard InChI is InChI=1S/C16H18N2O2/c1-11-5-4-6-13(17-11)10-18(3)14-7-8-15(12(2)19)16(20)9-14/h4-9,20H,10H2,1-3H3. The average Bonchev–Trinajstić information content (AvgIpc) is 2.38. The first kappa shape index (κ1) is 14.1. The van der Waals surface area contributed by atoms with Crippen molar-refractivity contribution in [3.05, 3.63) is 53.3 Å². The molecule has 2 rings (SSSR count). The topological polar surface area (TPSA) is 53.4 Å². The Morgan fingerprint density at radius 2 is 2.05 bits per heavy atom. The van der Waals surface area contributed by atoms with Gasteiger partial charge in [-0.3, -0.25) is 9.78 Å². The first-order valence-electron chi connectivity index (χ1n) is 6.45. The molecule has 4 heteroatoms. The quantitative estimate of drug-likeness (QED) is 0.868. The normalized spacial score (nSPS) is 10.3. The lowest BCUT2D eigenvalue weighted by molar-refractivity contribution is 0.101. The molecule has 1 heterocycles. The molecule has 1 aromatic heterocycles. The van der Waals surface area contributed by atoms with Gasteiger partial charge in [0, 0.05) is 24.5 Å². The first-order chi connectivity index (χ1) is 9.47. The highest BCUT2D eigenvalue weighted by Crippen LogP contribution is 2.25. The molecule has 0 aliphatic carbocycles. The van der Waals surface area contributed by atoms with Crippen LogP contribution in [0.5, 0.6) is 5.75 Å². The second kappa shape index (κ2) is 5.74. The number of rotatable bonds is 4. The third-order valence-corrected chi connectivity index (χ3v) is 3.15. The van der Waals surface area contributed by atoms with Gasteiger partial charge in [-0.25, -0.2) is 0 Å². The van der Waals surface area contributed by atoms with Crippen molar-refractivity contribution in [3.63, 3.8) is 0 Å². The molecular formula is C16H18N2O2. The molecule has 0 aliphatic rings.